The van der Waals surface area contributed by atoms with Crippen LogP contribution in [0.2, 0.25) is 0 Å². The van der Waals surface area contributed by atoms with Gasteiger partial charge in [0, 0.05) is 25.7 Å². The molecule has 0 saturated heterocycles. The van der Waals surface area contributed by atoms with Gasteiger partial charge in [0.25, 0.3) is 0 Å². The Morgan fingerprint density at radius 3 is 2.29 bits per heavy atom. The van der Waals surface area contributed by atoms with Crippen molar-refractivity contribution in [2.45, 2.75) is 52.9 Å². The summed E-state index contributed by atoms with van der Waals surface area (Å²) in [6.45, 7) is 8.71. The van der Waals surface area contributed by atoms with E-state index in [0.717, 1.165) is 45.3 Å². The minimum atomic E-state index is 0.191. The molecule has 102 valence electrons. The van der Waals surface area contributed by atoms with Gasteiger partial charge in [-0.2, -0.15) is 0 Å². The summed E-state index contributed by atoms with van der Waals surface area (Å²) in [5.41, 5.74) is 0. The third-order valence-corrected chi connectivity index (χ3v) is 2.76. The summed E-state index contributed by atoms with van der Waals surface area (Å²) in [6.07, 6.45) is 4.90. The van der Waals surface area contributed by atoms with Crippen molar-refractivity contribution in [3.63, 3.8) is 0 Å². The van der Waals surface area contributed by atoms with Crippen molar-refractivity contribution in [1.82, 2.24) is 0 Å². The number of ketones is 1. The van der Waals surface area contributed by atoms with Crippen LogP contribution in [0.15, 0.2) is 0 Å². The van der Waals surface area contributed by atoms with Gasteiger partial charge in [0.1, 0.15) is 6.61 Å². The Hall–Kier alpha value is -0.410. The van der Waals surface area contributed by atoms with Crippen LogP contribution in [0.4, 0.5) is 0 Å². The normalized spacial score (nSPS) is 12.6. The van der Waals surface area contributed by atoms with Crippen molar-refractivity contribution in [2.24, 2.45) is 5.92 Å². The fraction of sp³-hybridized carbons (Fsp3) is 0.929. The summed E-state index contributed by atoms with van der Waals surface area (Å²) in [7, 11) is 0. The van der Waals surface area contributed by atoms with Gasteiger partial charge in [-0.05, 0) is 25.7 Å². The smallest absolute Gasteiger partial charge is 0.161 e. The summed E-state index contributed by atoms with van der Waals surface area (Å²) < 4.78 is 10.7. The molecule has 17 heavy (non-hydrogen) atoms. The molecule has 0 heterocycles. The topological polar surface area (TPSA) is 35.5 Å². The molecule has 0 aliphatic carbocycles. The summed E-state index contributed by atoms with van der Waals surface area (Å²) in [6, 6.07) is 0. The highest BCUT2D eigenvalue weighted by Gasteiger charge is 2.14. The number of Topliss-reactive ketones (excluding diaryl/α,β-unsaturated/α-hetero) is 1. The van der Waals surface area contributed by atoms with Crippen LogP contribution in [0.3, 0.4) is 0 Å². The van der Waals surface area contributed by atoms with Crippen LogP contribution in [0.1, 0.15) is 52.9 Å². The van der Waals surface area contributed by atoms with Crippen molar-refractivity contribution in [3.8, 4) is 0 Å². The molecule has 3 heteroatoms. The van der Waals surface area contributed by atoms with Crippen LogP contribution in [-0.2, 0) is 14.3 Å². The van der Waals surface area contributed by atoms with E-state index in [9.17, 15) is 4.79 Å². The van der Waals surface area contributed by atoms with Gasteiger partial charge in [-0.3, -0.25) is 4.79 Å². The molecule has 0 aliphatic heterocycles. The standard InChI is InChI=1S/C14H28O3/c1-4-8-13(6-3)14(15)12-17-11-7-10-16-9-5-2/h13H,4-12H2,1-3H3. The molecular formula is C14H28O3. The minimum absolute atomic E-state index is 0.191. The zero-order valence-electron chi connectivity index (χ0n) is 11.7. The zero-order chi connectivity index (χ0) is 12.9. The number of rotatable bonds is 12. The molecule has 3 nitrogen and oxygen atoms in total. The van der Waals surface area contributed by atoms with Crippen molar-refractivity contribution >= 4 is 5.78 Å². The molecule has 0 aromatic rings. The quantitative estimate of drug-likeness (QED) is 0.494. The average molecular weight is 244 g/mol. The maximum Gasteiger partial charge on any atom is 0.161 e. The Labute approximate surface area is 106 Å². The van der Waals surface area contributed by atoms with Crippen LogP contribution in [0.25, 0.3) is 0 Å². The van der Waals surface area contributed by atoms with Gasteiger partial charge in [0.2, 0.25) is 0 Å². The van der Waals surface area contributed by atoms with Crippen molar-refractivity contribution in [1.29, 1.82) is 0 Å². The van der Waals surface area contributed by atoms with Crippen LogP contribution in [-0.4, -0.2) is 32.2 Å². The molecule has 1 unspecified atom stereocenters. The van der Waals surface area contributed by atoms with Gasteiger partial charge in [-0.15, -0.1) is 0 Å². The minimum Gasteiger partial charge on any atom is -0.381 e. The second kappa shape index (κ2) is 12.1. The third-order valence-electron chi connectivity index (χ3n) is 2.76. The Morgan fingerprint density at radius 1 is 1.00 bits per heavy atom. The van der Waals surface area contributed by atoms with Crippen molar-refractivity contribution in [3.05, 3.63) is 0 Å². The monoisotopic (exact) mass is 244 g/mol. The molecule has 0 amide bonds. The van der Waals surface area contributed by atoms with Gasteiger partial charge in [0.15, 0.2) is 5.78 Å². The predicted octanol–water partition coefficient (Wildman–Crippen LogP) is 3.22. The molecule has 0 aromatic carbocycles. The average Bonchev–Trinajstić information content (AvgIpc) is 2.34. The lowest BCUT2D eigenvalue weighted by molar-refractivity contribution is -0.128. The number of ether oxygens (including phenoxy) is 2. The second-order valence-electron chi connectivity index (χ2n) is 4.38. The van der Waals surface area contributed by atoms with E-state index in [4.69, 9.17) is 9.47 Å². The van der Waals surface area contributed by atoms with Gasteiger partial charge in [-0.25, -0.2) is 0 Å². The molecule has 0 spiro atoms. The highest BCUT2D eigenvalue weighted by atomic mass is 16.5. The summed E-state index contributed by atoms with van der Waals surface area (Å²) >= 11 is 0. The number of carbonyl (C=O) groups excluding carboxylic acids is 1. The second-order valence-corrected chi connectivity index (χ2v) is 4.38. The Bertz CT molecular complexity index is 180. The summed E-state index contributed by atoms with van der Waals surface area (Å²) in [5, 5.41) is 0. The van der Waals surface area contributed by atoms with Gasteiger partial charge >= 0.3 is 0 Å². The Balaban J connectivity index is 3.43. The highest BCUT2D eigenvalue weighted by molar-refractivity contribution is 5.82. The van der Waals surface area contributed by atoms with E-state index in [0.29, 0.717) is 6.61 Å². The first-order valence-corrected chi connectivity index (χ1v) is 6.94. The Kier molecular flexibility index (Phi) is 11.8. The van der Waals surface area contributed by atoms with E-state index in [1.165, 1.54) is 0 Å². The lowest BCUT2D eigenvalue weighted by Gasteiger charge is -2.12. The first kappa shape index (κ1) is 16.6. The molecule has 0 aliphatic rings. The molecule has 0 saturated carbocycles. The van der Waals surface area contributed by atoms with E-state index in [2.05, 4.69) is 20.8 Å². The molecular weight excluding hydrogens is 216 g/mol. The summed E-state index contributed by atoms with van der Waals surface area (Å²) in [5.74, 6) is 0.445. The number of carbonyl (C=O) groups is 1. The van der Waals surface area contributed by atoms with E-state index in [1.807, 2.05) is 0 Å². The number of hydrogen-bond acceptors (Lipinski definition) is 3. The lowest BCUT2D eigenvalue weighted by Crippen LogP contribution is -2.20. The molecule has 0 rings (SSSR count). The summed E-state index contributed by atoms with van der Waals surface area (Å²) in [4.78, 5) is 11.7. The van der Waals surface area contributed by atoms with Crippen molar-refractivity contribution < 1.29 is 14.3 Å². The van der Waals surface area contributed by atoms with Gasteiger partial charge < -0.3 is 9.47 Å². The van der Waals surface area contributed by atoms with E-state index < -0.39 is 0 Å². The Morgan fingerprint density at radius 2 is 1.71 bits per heavy atom. The highest BCUT2D eigenvalue weighted by Crippen LogP contribution is 2.12. The van der Waals surface area contributed by atoms with Gasteiger partial charge in [-0.1, -0.05) is 27.2 Å². The first-order valence-electron chi connectivity index (χ1n) is 6.94. The predicted molar refractivity (Wildman–Crippen MR) is 70.2 cm³/mol. The third kappa shape index (κ3) is 9.31. The van der Waals surface area contributed by atoms with E-state index >= 15 is 0 Å². The molecule has 0 aromatic heterocycles. The largest absolute Gasteiger partial charge is 0.381 e. The molecule has 0 bridgehead atoms. The zero-order valence-corrected chi connectivity index (χ0v) is 11.7. The number of hydrogen-bond donors (Lipinski definition) is 0. The van der Waals surface area contributed by atoms with E-state index in [-0.39, 0.29) is 18.3 Å². The molecule has 0 fully saturated rings. The first-order chi connectivity index (χ1) is 8.26. The molecule has 1 atom stereocenters. The lowest BCUT2D eigenvalue weighted by atomic mass is 9.96. The maximum absolute atomic E-state index is 11.7. The van der Waals surface area contributed by atoms with Crippen LogP contribution in [0.5, 0.6) is 0 Å². The van der Waals surface area contributed by atoms with E-state index in [1.54, 1.807) is 0 Å². The van der Waals surface area contributed by atoms with Gasteiger partial charge in [0.05, 0.1) is 0 Å². The van der Waals surface area contributed by atoms with Crippen LogP contribution < -0.4 is 0 Å². The SMILES string of the molecule is CCCOCCCOCC(=O)C(CC)CCC. The van der Waals surface area contributed by atoms with Crippen LogP contribution >= 0.6 is 0 Å². The maximum atomic E-state index is 11.7. The van der Waals surface area contributed by atoms with Crippen LogP contribution in [0, 0.1) is 5.92 Å². The van der Waals surface area contributed by atoms with Crippen molar-refractivity contribution in [2.75, 3.05) is 26.4 Å². The fourth-order valence-corrected chi connectivity index (χ4v) is 1.74. The molecule has 0 radical (unpaired) electrons. The molecule has 0 N–H and O–H groups in total. The fourth-order valence-electron chi connectivity index (χ4n) is 1.74.